The van der Waals surface area contributed by atoms with E-state index in [1.807, 2.05) is 19.3 Å². The van der Waals surface area contributed by atoms with Gasteiger partial charge in [0, 0.05) is 25.0 Å². The van der Waals surface area contributed by atoms with Gasteiger partial charge in [-0.3, -0.25) is 4.98 Å². The topological polar surface area (TPSA) is 28.2 Å². The van der Waals surface area contributed by atoms with Gasteiger partial charge in [0.15, 0.2) is 0 Å². The zero-order chi connectivity index (χ0) is 15.1. The normalized spacial score (nSPS) is 12.6. The molecule has 0 bridgehead atoms. The Balaban J connectivity index is 2.13. The number of likely N-dealkylation sites (N-methyl/N-ethyl adjacent to an activating group) is 2. The second-order valence-electron chi connectivity index (χ2n) is 5.19. The highest BCUT2D eigenvalue weighted by molar-refractivity contribution is 5.62. The third-order valence-electron chi connectivity index (χ3n) is 3.99. The monoisotopic (exact) mass is 283 g/mol. The molecule has 21 heavy (non-hydrogen) atoms. The van der Waals surface area contributed by atoms with E-state index in [1.54, 1.807) is 6.20 Å². The summed E-state index contributed by atoms with van der Waals surface area (Å²) in [5.41, 5.74) is 3.70. The summed E-state index contributed by atoms with van der Waals surface area (Å²) < 4.78 is 0. The van der Waals surface area contributed by atoms with Crippen molar-refractivity contribution in [2.45, 2.75) is 19.9 Å². The van der Waals surface area contributed by atoms with Crippen LogP contribution in [0.3, 0.4) is 0 Å². The summed E-state index contributed by atoms with van der Waals surface area (Å²) in [4.78, 5) is 6.62. The van der Waals surface area contributed by atoms with Crippen molar-refractivity contribution in [1.82, 2.24) is 15.2 Å². The van der Waals surface area contributed by atoms with Gasteiger partial charge in [-0.25, -0.2) is 0 Å². The first-order valence-electron chi connectivity index (χ1n) is 7.68. The van der Waals surface area contributed by atoms with Gasteiger partial charge in [-0.1, -0.05) is 44.2 Å². The molecular weight excluding hydrogens is 258 g/mol. The number of pyridine rings is 1. The molecule has 0 radical (unpaired) electrons. The molecule has 2 rings (SSSR count). The van der Waals surface area contributed by atoms with Crippen molar-refractivity contribution in [3.63, 3.8) is 0 Å². The molecule has 3 nitrogen and oxygen atoms in total. The van der Waals surface area contributed by atoms with Crippen molar-refractivity contribution in [1.29, 1.82) is 0 Å². The van der Waals surface area contributed by atoms with Crippen LogP contribution >= 0.6 is 0 Å². The Morgan fingerprint density at radius 3 is 2.29 bits per heavy atom. The molecule has 1 aromatic carbocycles. The summed E-state index contributed by atoms with van der Waals surface area (Å²) in [5, 5.41) is 3.42. The van der Waals surface area contributed by atoms with Crippen molar-refractivity contribution in [3.8, 4) is 11.1 Å². The quantitative estimate of drug-likeness (QED) is 0.844. The highest BCUT2D eigenvalue weighted by Crippen LogP contribution is 2.21. The number of benzene rings is 1. The molecule has 3 heteroatoms. The van der Waals surface area contributed by atoms with Gasteiger partial charge in [-0.2, -0.15) is 0 Å². The Morgan fingerprint density at radius 1 is 1.05 bits per heavy atom. The molecule has 1 aromatic heterocycles. The molecule has 0 spiro atoms. The zero-order valence-corrected chi connectivity index (χ0v) is 13.2. The number of aromatic nitrogens is 1. The maximum absolute atomic E-state index is 4.18. The minimum Gasteiger partial charge on any atom is -0.312 e. The van der Waals surface area contributed by atoms with Gasteiger partial charge in [0.25, 0.3) is 0 Å². The van der Waals surface area contributed by atoms with Gasteiger partial charge in [0.2, 0.25) is 0 Å². The molecule has 1 unspecified atom stereocenters. The largest absolute Gasteiger partial charge is 0.312 e. The second kappa shape index (κ2) is 7.91. The first-order valence-corrected chi connectivity index (χ1v) is 7.68. The van der Waals surface area contributed by atoms with Crippen LogP contribution in [0.2, 0.25) is 0 Å². The lowest BCUT2D eigenvalue weighted by Gasteiger charge is -2.25. The Kier molecular flexibility index (Phi) is 5.90. The van der Waals surface area contributed by atoms with Crippen LogP contribution in [0.25, 0.3) is 11.1 Å². The predicted molar refractivity (Wildman–Crippen MR) is 89.3 cm³/mol. The van der Waals surface area contributed by atoms with Crippen molar-refractivity contribution in [2.75, 3.05) is 26.7 Å². The van der Waals surface area contributed by atoms with Crippen molar-refractivity contribution < 1.29 is 0 Å². The molecule has 0 amide bonds. The smallest absolute Gasteiger partial charge is 0.0446 e. The maximum Gasteiger partial charge on any atom is 0.0446 e. The summed E-state index contributed by atoms with van der Waals surface area (Å²) in [5.74, 6) is 0. The Labute approximate surface area is 128 Å². The fraction of sp³-hybridized carbons (Fsp3) is 0.389. The number of nitrogens with one attached hydrogen (secondary N) is 1. The fourth-order valence-electron chi connectivity index (χ4n) is 2.54. The Bertz CT molecular complexity index is 518. The minimum atomic E-state index is 0.368. The van der Waals surface area contributed by atoms with Crippen molar-refractivity contribution in [3.05, 3.63) is 54.4 Å². The number of hydrogen-bond acceptors (Lipinski definition) is 3. The lowest BCUT2D eigenvalue weighted by molar-refractivity contribution is 0.271. The first-order chi connectivity index (χ1) is 10.3. The van der Waals surface area contributed by atoms with Crippen LogP contribution in [0.15, 0.2) is 48.8 Å². The predicted octanol–water partition coefficient (Wildman–Crippen LogP) is 3.35. The molecule has 0 aliphatic carbocycles. The minimum absolute atomic E-state index is 0.368. The van der Waals surface area contributed by atoms with E-state index in [2.05, 4.69) is 59.4 Å². The zero-order valence-electron chi connectivity index (χ0n) is 13.2. The molecule has 1 heterocycles. The lowest BCUT2D eigenvalue weighted by Crippen LogP contribution is -2.33. The van der Waals surface area contributed by atoms with E-state index in [9.17, 15) is 0 Å². The summed E-state index contributed by atoms with van der Waals surface area (Å²) in [7, 11) is 2.03. The number of hydrogen-bond donors (Lipinski definition) is 1. The average molecular weight is 283 g/mol. The summed E-state index contributed by atoms with van der Waals surface area (Å²) >= 11 is 0. The number of rotatable bonds is 7. The summed E-state index contributed by atoms with van der Waals surface area (Å²) in [6.07, 6.45) is 3.71. The van der Waals surface area contributed by atoms with E-state index in [-0.39, 0.29) is 0 Å². The van der Waals surface area contributed by atoms with Crippen LogP contribution < -0.4 is 5.32 Å². The van der Waals surface area contributed by atoms with Gasteiger partial charge in [-0.15, -0.1) is 0 Å². The first kappa shape index (κ1) is 15.7. The average Bonchev–Trinajstić information content (AvgIpc) is 2.57. The summed E-state index contributed by atoms with van der Waals surface area (Å²) in [6, 6.07) is 13.2. The molecule has 0 aliphatic rings. The molecule has 0 fully saturated rings. The Hall–Kier alpha value is -1.71. The molecule has 1 atom stereocenters. The van der Waals surface area contributed by atoms with Crippen LogP contribution in [0, 0.1) is 0 Å². The Morgan fingerprint density at radius 2 is 1.76 bits per heavy atom. The van der Waals surface area contributed by atoms with Crippen LogP contribution in [0.5, 0.6) is 0 Å². The van der Waals surface area contributed by atoms with E-state index < -0.39 is 0 Å². The third-order valence-corrected chi connectivity index (χ3v) is 3.99. The second-order valence-corrected chi connectivity index (χ2v) is 5.19. The van der Waals surface area contributed by atoms with E-state index >= 15 is 0 Å². The highest BCUT2D eigenvalue weighted by atomic mass is 15.1. The number of nitrogens with zero attached hydrogens (tertiary/aromatic N) is 2. The van der Waals surface area contributed by atoms with Crippen LogP contribution in [-0.4, -0.2) is 36.6 Å². The van der Waals surface area contributed by atoms with Gasteiger partial charge in [0.05, 0.1) is 0 Å². The molecular formula is C18H25N3. The molecule has 2 aromatic rings. The standard InChI is InChI=1S/C18H25N3/c1-4-21(5-2)14-18(19-3)16-10-8-15(9-11-16)17-7-6-12-20-13-17/h6-13,18-19H,4-5,14H2,1-3H3. The van der Waals surface area contributed by atoms with E-state index in [0.717, 1.165) is 25.2 Å². The summed E-state index contributed by atoms with van der Waals surface area (Å²) in [6.45, 7) is 7.63. The van der Waals surface area contributed by atoms with Crippen molar-refractivity contribution >= 4 is 0 Å². The SMILES string of the molecule is CCN(CC)CC(NC)c1ccc(-c2cccnc2)cc1. The van der Waals surface area contributed by atoms with E-state index in [0.29, 0.717) is 6.04 Å². The molecule has 0 aliphatic heterocycles. The van der Waals surface area contributed by atoms with Gasteiger partial charge in [-0.05, 0) is 42.9 Å². The van der Waals surface area contributed by atoms with Gasteiger partial charge >= 0.3 is 0 Å². The van der Waals surface area contributed by atoms with E-state index in [1.165, 1.54) is 11.1 Å². The van der Waals surface area contributed by atoms with Crippen molar-refractivity contribution in [2.24, 2.45) is 0 Å². The molecule has 0 saturated carbocycles. The van der Waals surface area contributed by atoms with Crippen LogP contribution in [0.1, 0.15) is 25.5 Å². The van der Waals surface area contributed by atoms with Gasteiger partial charge < -0.3 is 10.2 Å². The maximum atomic E-state index is 4.18. The molecule has 112 valence electrons. The van der Waals surface area contributed by atoms with Crippen LogP contribution in [-0.2, 0) is 0 Å². The third kappa shape index (κ3) is 4.13. The molecule has 0 saturated heterocycles. The highest BCUT2D eigenvalue weighted by Gasteiger charge is 2.12. The van der Waals surface area contributed by atoms with Crippen LogP contribution in [0.4, 0.5) is 0 Å². The van der Waals surface area contributed by atoms with Gasteiger partial charge in [0.1, 0.15) is 0 Å². The fourth-order valence-corrected chi connectivity index (χ4v) is 2.54. The van der Waals surface area contributed by atoms with E-state index in [4.69, 9.17) is 0 Å². The lowest BCUT2D eigenvalue weighted by atomic mass is 10.0. The molecule has 1 N–H and O–H groups in total.